The number of likely N-dealkylation sites (tertiary alicyclic amines) is 1. The van der Waals surface area contributed by atoms with Crippen LogP contribution in [0.25, 0.3) is 11.2 Å². The molecule has 7 nitrogen and oxygen atoms in total. The molecule has 24 heavy (non-hydrogen) atoms. The summed E-state index contributed by atoms with van der Waals surface area (Å²) < 4.78 is 0. The third kappa shape index (κ3) is 2.80. The highest BCUT2D eigenvalue weighted by molar-refractivity contribution is 5.82. The lowest BCUT2D eigenvalue weighted by Crippen LogP contribution is -2.24. The lowest BCUT2D eigenvalue weighted by Gasteiger charge is -2.18. The number of H-pyrrole nitrogens is 1. The van der Waals surface area contributed by atoms with Gasteiger partial charge in [0.25, 0.3) is 0 Å². The first kappa shape index (κ1) is 14.6. The Kier molecular flexibility index (Phi) is 3.82. The van der Waals surface area contributed by atoms with Crippen molar-refractivity contribution in [3.63, 3.8) is 0 Å². The molecule has 1 amide bonds. The van der Waals surface area contributed by atoms with Gasteiger partial charge in [-0.1, -0.05) is 24.3 Å². The minimum Gasteiger partial charge on any atom is -0.364 e. The van der Waals surface area contributed by atoms with Crippen LogP contribution < -0.4 is 5.32 Å². The van der Waals surface area contributed by atoms with Gasteiger partial charge in [0.05, 0.1) is 6.33 Å². The molecule has 3 heterocycles. The summed E-state index contributed by atoms with van der Waals surface area (Å²) in [6.45, 7) is 2.14. The van der Waals surface area contributed by atoms with Crippen molar-refractivity contribution in [1.29, 1.82) is 0 Å². The highest BCUT2D eigenvalue weighted by Crippen LogP contribution is 2.19. The standard InChI is InChI=1S/C17H18N6O/c24-14-6-3-7-23(14)9-13-5-2-1-4-12(13)8-18-16-15-17(20-10-19-15)22-11-21-16/h1-2,4-5,10-11H,3,6-9H2,(H2,18,19,20,21,22). The number of carbonyl (C=O) groups excluding carboxylic acids is 1. The maximum absolute atomic E-state index is 11.9. The summed E-state index contributed by atoms with van der Waals surface area (Å²) in [7, 11) is 0. The number of nitrogens with zero attached hydrogens (tertiary/aromatic N) is 4. The van der Waals surface area contributed by atoms with E-state index in [-0.39, 0.29) is 5.91 Å². The predicted octanol–water partition coefficient (Wildman–Crippen LogP) is 2.09. The average Bonchev–Trinajstić information content (AvgIpc) is 3.23. The molecule has 0 radical (unpaired) electrons. The van der Waals surface area contributed by atoms with E-state index < -0.39 is 0 Å². The van der Waals surface area contributed by atoms with E-state index in [9.17, 15) is 4.79 Å². The van der Waals surface area contributed by atoms with Gasteiger partial charge in [0, 0.05) is 26.1 Å². The van der Waals surface area contributed by atoms with E-state index in [0.29, 0.717) is 25.2 Å². The van der Waals surface area contributed by atoms with Gasteiger partial charge in [-0.05, 0) is 17.5 Å². The Hall–Kier alpha value is -2.96. The molecule has 1 aromatic carbocycles. The zero-order chi connectivity index (χ0) is 16.4. The second-order valence-corrected chi connectivity index (χ2v) is 5.86. The van der Waals surface area contributed by atoms with Crippen LogP contribution in [-0.4, -0.2) is 37.3 Å². The molecule has 0 bridgehead atoms. The Morgan fingerprint density at radius 2 is 2.04 bits per heavy atom. The van der Waals surface area contributed by atoms with Crippen LogP contribution in [0.15, 0.2) is 36.9 Å². The molecule has 1 saturated heterocycles. The van der Waals surface area contributed by atoms with Crippen molar-refractivity contribution in [2.45, 2.75) is 25.9 Å². The van der Waals surface area contributed by atoms with Crippen LogP contribution in [0.4, 0.5) is 5.82 Å². The van der Waals surface area contributed by atoms with Gasteiger partial charge in [0.2, 0.25) is 5.91 Å². The molecule has 0 aliphatic carbocycles. The Bertz CT molecular complexity index is 874. The number of aromatic nitrogens is 4. The Morgan fingerprint density at radius 1 is 1.17 bits per heavy atom. The predicted molar refractivity (Wildman–Crippen MR) is 90.1 cm³/mol. The molecule has 2 N–H and O–H groups in total. The number of amides is 1. The van der Waals surface area contributed by atoms with Gasteiger partial charge < -0.3 is 15.2 Å². The molecule has 7 heteroatoms. The SMILES string of the molecule is O=C1CCCN1Cc1ccccc1CNc1ncnc2nc[nH]c12. The maximum atomic E-state index is 11.9. The van der Waals surface area contributed by atoms with Crippen LogP contribution in [0, 0.1) is 0 Å². The van der Waals surface area contributed by atoms with Gasteiger partial charge in [-0.25, -0.2) is 15.0 Å². The minimum atomic E-state index is 0.243. The van der Waals surface area contributed by atoms with E-state index in [1.54, 1.807) is 6.33 Å². The first-order valence-electron chi connectivity index (χ1n) is 8.04. The molecule has 1 aliphatic rings. The number of hydrogen-bond acceptors (Lipinski definition) is 5. The van der Waals surface area contributed by atoms with Crippen molar-refractivity contribution in [3.05, 3.63) is 48.0 Å². The molecule has 3 aromatic rings. The second-order valence-electron chi connectivity index (χ2n) is 5.86. The fourth-order valence-corrected chi connectivity index (χ4v) is 3.04. The molecule has 0 unspecified atom stereocenters. The van der Waals surface area contributed by atoms with E-state index in [4.69, 9.17) is 0 Å². The third-order valence-electron chi connectivity index (χ3n) is 4.32. The number of benzene rings is 1. The summed E-state index contributed by atoms with van der Waals surface area (Å²) in [5, 5.41) is 3.34. The summed E-state index contributed by atoms with van der Waals surface area (Å²) in [6.07, 6.45) is 4.73. The van der Waals surface area contributed by atoms with Gasteiger partial charge in [-0.15, -0.1) is 0 Å². The number of carbonyl (C=O) groups is 1. The number of imidazole rings is 1. The van der Waals surface area contributed by atoms with E-state index in [1.165, 1.54) is 6.33 Å². The summed E-state index contributed by atoms with van der Waals surface area (Å²) in [5.74, 6) is 0.970. The lowest BCUT2D eigenvalue weighted by atomic mass is 10.1. The third-order valence-corrected chi connectivity index (χ3v) is 4.32. The molecule has 1 fully saturated rings. The quantitative estimate of drug-likeness (QED) is 0.751. The van der Waals surface area contributed by atoms with Crippen LogP contribution in [0.1, 0.15) is 24.0 Å². The monoisotopic (exact) mass is 322 g/mol. The van der Waals surface area contributed by atoms with Gasteiger partial charge in [-0.2, -0.15) is 0 Å². The van der Waals surface area contributed by atoms with Crippen molar-refractivity contribution < 1.29 is 4.79 Å². The van der Waals surface area contributed by atoms with Crippen molar-refractivity contribution in [2.75, 3.05) is 11.9 Å². The van der Waals surface area contributed by atoms with E-state index in [0.717, 1.165) is 35.4 Å². The largest absolute Gasteiger partial charge is 0.364 e. The van der Waals surface area contributed by atoms with Crippen molar-refractivity contribution in [1.82, 2.24) is 24.8 Å². The zero-order valence-corrected chi connectivity index (χ0v) is 13.2. The van der Waals surface area contributed by atoms with Crippen molar-refractivity contribution in [3.8, 4) is 0 Å². The first-order valence-corrected chi connectivity index (χ1v) is 8.04. The van der Waals surface area contributed by atoms with Crippen molar-refractivity contribution in [2.24, 2.45) is 0 Å². The second kappa shape index (κ2) is 6.27. The molecule has 0 saturated carbocycles. The summed E-state index contributed by atoms with van der Waals surface area (Å²) in [4.78, 5) is 29.4. The lowest BCUT2D eigenvalue weighted by molar-refractivity contribution is -0.128. The molecular formula is C17H18N6O. The number of rotatable bonds is 5. The molecule has 122 valence electrons. The summed E-state index contributed by atoms with van der Waals surface area (Å²) in [5.41, 5.74) is 3.76. The number of hydrogen-bond donors (Lipinski definition) is 2. The fraction of sp³-hybridized carbons (Fsp3) is 0.294. The Balaban J connectivity index is 1.52. The highest BCUT2D eigenvalue weighted by atomic mass is 16.2. The summed E-state index contributed by atoms with van der Waals surface area (Å²) >= 11 is 0. The van der Waals surface area contributed by atoms with Crippen molar-refractivity contribution >= 4 is 22.9 Å². The highest BCUT2D eigenvalue weighted by Gasteiger charge is 2.20. The van der Waals surface area contributed by atoms with Crippen LogP contribution in [0.2, 0.25) is 0 Å². The topological polar surface area (TPSA) is 86.8 Å². The van der Waals surface area contributed by atoms with Crippen LogP contribution in [-0.2, 0) is 17.9 Å². The van der Waals surface area contributed by atoms with Gasteiger partial charge in [0.1, 0.15) is 11.8 Å². The zero-order valence-electron chi connectivity index (χ0n) is 13.2. The minimum absolute atomic E-state index is 0.243. The van der Waals surface area contributed by atoms with E-state index in [1.807, 2.05) is 17.0 Å². The summed E-state index contributed by atoms with van der Waals surface area (Å²) in [6, 6.07) is 8.18. The van der Waals surface area contributed by atoms with E-state index >= 15 is 0 Å². The van der Waals surface area contributed by atoms with Crippen LogP contribution in [0.3, 0.4) is 0 Å². The number of fused-ring (bicyclic) bond motifs is 1. The van der Waals surface area contributed by atoms with Crippen LogP contribution in [0.5, 0.6) is 0 Å². The molecular weight excluding hydrogens is 304 g/mol. The molecule has 0 spiro atoms. The van der Waals surface area contributed by atoms with E-state index in [2.05, 4.69) is 37.4 Å². The van der Waals surface area contributed by atoms with Crippen LogP contribution >= 0.6 is 0 Å². The number of anilines is 1. The maximum Gasteiger partial charge on any atom is 0.222 e. The first-order chi connectivity index (χ1) is 11.8. The molecule has 1 aliphatic heterocycles. The number of nitrogens with one attached hydrogen (secondary N) is 2. The normalized spacial score (nSPS) is 14.5. The molecule has 2 aromatic heterocycles. The van der Waals surface area contributed by atoms with Gasteiger partial charge in [-0.3, -0.25) is 4.79 Å². The molecule has 4 rings (SSSR count). The smallest absolute Gasteiger partial charge is 0.222 e. The Morgan fingerprint density at radius 3 is 2.88 bits per heavy atom. The molecule has 0 atom stereocenters. The Labute approximate surface area is 139 Å². The average molecular weight is 322 g/mol. The van der Waals surface area contributed by atoms with Gasteiger partial charge >= 0.3 is 0 Å². The number of aromatic amines is 1. The van der Waals surface area contributed by atoms with Gasteiger partial charge in [0.15, 0.2) is 11.5 Å². The fourth-order valence-electron chi connectivity index (χ4n) is 3.04.